The number of amides is 2. The molecule has 1 aromatic rings. The third kappa shape index (κ3) is 3.67. The second-order valence-corrected chi connectivity index (χ2v) is 4.94. The number of aryl methyl sites for hydroxylation is 2. The summed E-state index contributed by atoms with van der Waals surface area (Å²) < 4.78 is 0. The Labute approximate surface area is 132 Å². The van der Waals surface area contributed by atoms with Crippen molar-refractivity contribution in [1.29, 1.82) is 5.41 Å². The number of hydrogen-bond acceptors (Lipinski definition) is 2. The van der Waals surface area contributed by atoms with Crippen LogP contribution in [0.15, 0.2) is 30.9 Å². The number of nitrogens with one attached hydrogen (secondary N) is 1. The Morgan fingerprint density at radius 1 is 1.27 bits per heavy atom. The number of anilines is 1. The first-order chi connectivity index (χ1) is 10.5. The first kappa shape index (κ1) is 17.8. The smallest absolute Gasteiger partial charge is 0.331 e. The third-order valence-corrected chi connectivity index (χ3v) is 3.62. The summed E-state index contributed by atoms with van der Waals surface area (Å²) in [5.74, 6) is -0.268. The standard InChI is InChI=1S/C17H26N4O/c1-5-12-21(16(18)19)17(22)20(8-4)15-13(6-2)10-9-11-14(15)7-3/h5,9-11H,1,6-8,12H2,2-4H3,(H3,18,19). The van der Waals surface area contributed by atoms with Gasteiger partial charge in [0.05, 0.1) is 5.69 Å². The Balaban J connectivity index is 3.34. The zero-order chi connectivity index (χ0) is 16.7. The molecular formula is C17H26N4O. The minimum Gasteiger partial charge on any atom is -0.370 e. The first-order valence-electron chi connectivity index (χ1n) is 7.66. The van der Waals surface area contributed by atoms with Gasteiger partial charge in [0.2, 0.25) is 0 Å². The summed E-state index contributed by atoms with van der Waals surface area (Å²) in [4.78, 5) is 15.7. The number of benzene rings is 1. The van der Waals surface area contributed by atoms with Gasteiger partial charge in [-0.3, -0.25) is 15.2 Å². The lowest BCUT2D eigenvalue weighted by Crippen LogP contribution is -2.49. The van der Waals surface area contributed by atoms with E-state index in [1.807, 2.05) is 25.1 Å². The fourth-order valence-electron chi connectivity index (χ4n) is 2.51. The predicted molar refractivity (Wildman–Crippen MR) is 92.4 cm³/mol. The minimum atomic E-state index is -0.287. The average Bonchev–Trinajstić information content (AvgIpc) is 2.52. The fourth-order valence-corrected chi connectivity index (χ4v) is 2.51. The number of para-hydroxylation sites is 1. The molecule has 0 atom stereocenters. The Bertz CT molecular complexity index is 531. The summed E-state index contributed by atoms with van der Waals surface area (Å²) in [5, 5.41) is 7.62. The highest BCUT2D eigenvalue weighted by molar-refractivity contribution is 6.03. The molecule has 0 heterocycles. The molecule has 0 aliphatic carbocycles. The summed E-state index contributed by atoms with van der Waals surface area (Å²) in [6, 6.07) is 5.81. The number of guanidine groups is 1. The highest BCUT2D eigenvalue weighted by Gasteiger charge is 2.25. The van der Waals surface area contributed by atoms with Crippen LogP contribution >= 0.6 is 0 Å². The number of urea groups is 1. The topological polar surface area (TPSA) is 73.4 Å². The number of rotatable bonds is 6. The van der Waals surface area contributed by atoms with E-state index in [1.54, 1.807) is 11.0 Å². The number of carbonyl (C=O) groups is 1. The van der Waals surface area contributed by atoms with Crippen LogP contribution in [0.25, 0.3) is 0 Å². The Morgan fingerprint density at radius 3 is 2.18 bits per heavy atom. The van der Waals surface area contributed by atoms with Gasteiger partial charge in [-0.05, 0) is 30.9 Å². The van der Waals surface area contributed by atoms with Crippen molar-refractivity contribution in [3.8, 4) is 0 Å². The number of nitrogens with zero attached hydrogens (tertiary/aromatic N) is 2. The predicted octanol–water partition coefficient (Wildman–Crippen LogP) is 3.14. The molecule has 22 heavy (non-hydrogen) atoms. The maximum absolute atomic E-state index is 12.8. The van der Waals surface area contributed by atoms with E-state index in [0.29, 0.717) is 6.54 Å². The molecule has 0 saturated heterocycles. The zero-order valence-corrected chi connectivity index (χ0v) is 13.7. The van der Waals surface area contributed by atoms with Gasteiger partial charge in [0.1, 0.15) is 0 Å². The van der Waals surface area contributed by atoms with E-state index in [9.17, 15) is 4.79 Å². The number of nitrogens with two attached hydrogens (primary N) is 1. The summed E-state index contributed by atoms with van der Waals surface area (Å²) in [6.45, 7) is 10.4. The van der Waals surface area contributed by atoms with Crippen molar-refractivity contribution in [3.63, 3.8) is 0 Å². The third-order valence-electron chi connectivity index (χ3n) is 3.62. The van der Waals surface area contributed by atoms with Gasteiger partial charge >= 0.3 is 6.03 Å². The van der Waals surface area contributed by atoms with Crippen LogP contribution in [0.1, 0.15) is 31.9 Å². The van der Waals surface area contributed by atoms with E-state index in [-0.39, 0.29) is 18.5 Å². The Morgan fingerprint density at radius 2 is 1.82 bits per heavy atom. The van der Waals surface area contributed by atoms with E-state index in [1.165, 1.54) is 4.90 Å². The van der Waals surface area contributed by atoms with Crippen LogP contribution < -0.4 is 10.6 Å². The van der Waals surface area contributed by atoms with Crippen LogP contribution in [-0.4, -0.2) is 30.0 Å². The van der Waals surface area contributed by atoms with Gasteiger partial charge < -0.3 is 5.73 Å². The SMILES string of the molecule is C=CCN(C(=N)N)C(=O)N(CC)c1c(CC)cccc1CC. The van der Waals surface area contributed by atoms with E-state index >= 15 is 0 Å². The lowest BCUT2D eigenvalue weighted by molar-refractivity contribution is 0.229. The van der Waals surface area contributed by atoms with Crippen LogP contribution in [0.3, 0.4) is 0 Å². The molecule has 0 aromatic heterocycles. The number of carbonyl (C=O) groups excluding carboxylic acids is 1. The van der Waals surface area contributed by atoms with Crippen LogP contribution in [0.4, 0.5) is 10.5 Å². The van der Waals surface area contributed by atoms with Crippen LogP contribution in [-0.2, 0) is 12.8 Å². The molecule has 3 N–H and O–H groups in total. The second-order valence-electron chi connectivity index (χ2n) is 4.94. The van der Waals surface area contributed by atoms with Crippen molar-refractivity contribution in [1.82, 2.24) is 4.90 Å². The van der Waals surface area contributed by atoms with Crippen molar-refractivity contribution < 1.29 is 4.79 Å². The molecule has 0 spiro atoms. The van der Waals surface area contributed by atoms with Gasteiger partial charge in [0, 0.05) is 13.1 Å². The highest BCUT2D eigenvalue weighted by atomic mass is 16.2. The molecule has 0 bridgehead atoms. The maximum atomic E-state index is 12.8. The lowest BCUT2D eigenvalue weighted by atomic mass is 10.0. The molecule has 1 rings (SSSR count). The van der Waals surface area contributed by atoms with Crippen LogP contribution in [0, 0.1) is 5.41 Å². The highest BCUT2D eigenvalue weighted by Crippen LogP contribution is 2.27. The molecule has 0 fully saturated rings. The van der Waals surface area contributed by atoms with Gasteiger partial charge in [-0.25, -0.2) is 4.79 Å². The minimum absolute atomic E-state index is 0.223. The maximum Gasteiger partial charge on any atom is 0.331 e. The number of hydrogen-bond donors (Lipinski definition) is 2. The quantitative estimate of drug-likeness (QED) is 0.481. The molecule has 0 unspecified atom stereocenters. The zero-order valence-electron chi connectivity index (χ0n) is 13.7. The van der Waals surface area contributed by atoms with E-state index in [0.717, 1.165) is 29.7 Å². The molecule has 2 amide bonds. The molecule has 0 aliphatic rings. The van der Waals surface area contributed by atoms with Gasteiger partial charge in [0.15, 0.2) is 5.96 Å². The molecule has 120 valence electrons. The summed E-state index contributed by atoms with van der Waals surface area (Å²) in [6.07, 6.45) is 3.25. The van der Waals surface area contributed by atoms with E-state index in [2.05, 4.69) is 20.4 Å². The normalized spacial score (nSPS) is 10.1. The van der Waals surface area contributed by atoms with Crippen molar-refractivity contribution in [2.45, 2.75) is 33.6 Å². The van der Waals surface area contributed by atoms with Gasteiger partial charge in [-0.2, -0.15) is 0 Å². The van der Waals surface area contributed by atoms with Gasteiger partial charge in [0.25, 0.3) is 0 Å². The van der Waals surface area contributed by atoms with Crippen molar-refractivity contribution in [2.75, 3.05) is 18.0 Å². The molecule has 0 saturated carbocycles. The molecule has 0 radical (unpaired) electrons. The molecule has 5 nitrogen and oxygen atoms in total. The van der Waals surface area contributed by atoms with Crippen molar-refractivity contribution >= 4 is 17.7 Å². The Hall–Kier alpha value is -2.30. The monoisotopic (exact) mass is 302 g/mol. The largest absolute Gasteiger partial charge is 0.370 e. The molecular weight excluding hydrogens is 276 g/mol. The lowest BCUT2D eigenvalue weighted by Gasteiger charge is -2.31. The van der Waals surface area contributed by atoms with Crippen LogP contribution in [0.5, 0.6) is 0 Å². The van der Waals surface area contributed by atoms with Crippen LogP contribution in [0.2, 0.25) is 0 Å². The van der Waals surface area contributed by atoms with Gasteiger partial charge in [-0.15, -0.1) is 6.58 Å². The summed E-state index contributed by atoms with van der Waals surface area (Å²) in [5.41, 5.74) is 8.73. The molecule has 5 heteroatoms. The molecule has 1 aromatic carbocycles. The van der Waals surface area contributed by atoms with Gasteiger partial charge in [-0.1, -0.05) is 38.1 Å². The van der Waals surface area contributed by atoms with E-state index < -0.39 is 0 Å². The molecule has 0 aliphatic heterocycles. The second kappa shape index (κ2) is 8.22. The van der Waals surface area contributed by atoms with E-state index in [4.69, 9.17) is 11.1 Å². The van der Waals surface area contributed by atoms with Crippen molar-refractivity contribution in [2.24, 2.45) is 5.73 Å². The fraction of sp³-hybridized carbons (Fsp3) is 0.412. The first-order valence-corrected chi connectivity index (χ1v) is 7.66. The van der Waals surface area contributed by atoms with Crippen molar-refractivity contribution in [3.05, 3.63) is 42.0 Å². The average molecular weight is 302 g/mol. The summed E-state index contributed by atoms with van der Waals surface area (Å²) >= 11 is 0. The Kier molecular flexibility index (Phi) is 6.63. The summed E-state index contributed by atoms with van der Waals surface area (Å²) in [7, 11) is 0.